The Hall–Kier alpha value is -1.35. The van der Waals surface area contributed by atoms with Gasteiger partial charge >= 0.3 is 0 Å². The lowest BCUT2D eigenvalue weighted by Gasteiger charge is -2.20. The number of likely N-dealkylation sites (N-methyl/N-ethyl adjacent to an activating group) is 1. The Balaban J connectivity index is 2.58. The number of carbonyl (C=O) groups is 1. The van der Waals surface area contributed by atoms with Gasteiger partial charge in [-0.25, -0.2) is 0 Å². The van der Waals surface area contributed by atoms with Crippen LogP contribution in [0.4, 0.5) is 0 Å². The van der Waals surface area contributed by atoms with Crippen molar-refractivity contribution < 1.29 is 9.53 Å². The van der Waals surface area contributed by atoms with Gasteiger partial charge in [-0.05, 0) is 12.5 Å². The summed E-state index contributed by atoms with van der Waals surface area (Å²) in [5.41, 5.74) is 1.14. The van der Waals surface area contributed by atoms with Gasteiger partial charge in [-0.2, -0.15) is 0 Å². The number of nitrogens with zero attached hydrogens (tertiary/aromatic N) is 1. The second kappa shape index (κ2) is 6.19. The highest BCUT2D eigenvalue weighted by Crippen LogP contribution is 2.04. The summed E-state index contributed by atoms with van der Waals surface area (Å²) in [5.74, 6) is 0.0313. The highest BCUT2D eigenvalue weighted by atomic mass is 16.5. The molecule has 0 spiro atoms. The van der Waals surface area contributed by atoms with Crippen LogP contribution in [0.2, 0.25) is 0 Å². The minimum absolute atomic E-state index is 0.0313. The molecule has 1 aromatic carbocycles. The van der Waals surface area contributed by atoms with Gasteiger partial charge in [0.1, 0.15) is 6.61 Å². The number of benzene rings is 1. The maximum Gasteiger partial charge on any atom is 0.248 e. The Kier molecular flexibility index (Phi) is 4.84. The Morgan fingerprint density at radius 1 is 1.33 bits per heavy atom. The molecule has 3 heteroatoms. The lowest BCUT2D eigenvalue weighted by atomic mass is 10.2. The second-order valence-electron chi connectivity index (χ2n) is 3.33. The third-order valence-electron chi connectivity index (χ3n) is 2.22. The van der Waals surface area contributed by atoms with Crippen LogP contribution in [0.25, 0.3) is 0 Å². The minimum Gasteiger partial charge on any atom is -0.375 e. The van der Waals surface area contributed by atoms with E-state index in [1.54, 1.807) is 4.90 Å². The molecule has 0 saturated carbocycles. The molecule has 15 heavy (non-hydrogen) atoms. The number of methoxy groups -OCH3 is 1. The van der Waals surface area contributed by atoms with Crippen LogP contribution >= 0.6 is 0 Å². The first-order valence-corrected chi connectivity index (χ1v) is 5.08. The number of ether oxygens (including phenoxy) is 1. The average Bonchev–Trinajstić information content (AvgIpc) is 2.27. The molecule has 1 amide bonds. The molecule has 0 aliphatic heterocycles. The largest absolute Gasteiger partial charge is 0.375 e. The lowest BCUT2D eigenvalue weighted by Crippen LogP contribution is -2.33. The molecule has 0 radical (unpaired) electrons. The van der Waals surface area contributed by atoms with Crippen molar-refractivity contribution in [1.82, 2.24) is 4.90 Å². The molecule has 0 aliphatic rings. The summed E-state index contributed by atoms with van der Waals surface area (Å²) >= 11 is 0. The van der Waals surface area contributed by atoms with Crippen molar-refractivity contribution in [2.75, 3.05) is 20.3 Å². The highest BCUT2D eigenvalue weighted by Gasteiger charge is 2.10. The fourth-order valence-corrected chi connectivity index (χ4v) is 1.39. The number of rotatable bonds is 5. The fraction of sp³-hybridized carbons (Fsp3) is 0.417. The molecule has 1 rings (SSSR count). The second-order valence-corrected chi connectivity index (χ2v) is 3.33. The highest BCUT2D eigenvalue weighted by molar-refractivity contribution is 5.77. The van der Waals surface area contributed by atoms with E-state index < -0.39 is 0 Å². The SMILES string of the molecule is CCN(Cc1ccccc1)C(=O)COC. The third-order valence-corrected chi connectivity index (χ3v) is 2.22. The molecule has 0 atom stereocenters. The van der Waals surface area contributed by atoms with E-state index in [2.05, 4.69) is 0 Å². The molecule has 0 unspecified atom stereocenters. The molecule has 82 valence electrons. The zero-order chi connectivity index (χ0) is 11.1. The maximum atomic E-state index is 11.6. The van der Waals surface area contributed by atoms with Crippen molar-refractivity contribution in [1.29, 1.82) is 0 Å². The Labute approximate surface area is 90.7 Å². The number of hydrogen-bond acceptors (Lipinski definition) is 2. The van der Waals surface area contributed by atoms with Crippen molar-refractivity contribution in [3.05, 3.63) is 35.9 Å². The van der Waals surface area contributed by atoms with E-state index in [0.717, 1.165) is 5.56 Å². The molecule has 0 aliphatic carbocycles. The van der Waals surface area contributed by atoms with Gasteiger partial charge in [0.25, 0.3) is 0 Å². The minimum atomic E-state index is 0.0313. The van der Waals surface area contributed by atoms with Gasteiger partial charge < -0.3 is 9.64 Å². The van der Waals surface area contributed by atoms with Crippen molar-refractivity contribution in [2.45, 2.75) is 13.5 Å². The number of hydrogen-bond donors (Lipinski definition) is 0. The summed E-state index contributed by atoms with van der Waals surface area (Å²) in [6.07, 6.45) is 0. The fourth-order valence-electron chi connectivity index (χ4n) is 1.39. The van der Waals surface area contributed by atoms with Crippen molar-refractivity contribution in [3.63, 3.8) is 0 Å². The average molecular weight is 207 g/mol. The van der Waals surface area contributed by atoms with Gasteiger partial charge in [-0.1, -0.05) is 30.3 Å². The summed E-state index contributed by atoms with van der Waals surface area (Å²) in [5, 5.41) is 0. The Bertz CT molecular complexity index is 298. The number of carbonyl (C=O) groups excluding carboxylic acids is 1. The van der Waals surface area contributed by atoms with E-state index >= 15 is 0 Å². The first-order valence-electron chi connectivity index (χ1n) is 5.08. The van der Waals surface area contributed by atoms with Crippen LogP contribution in [-0.2, 0) is 16.1 Å². The summed E-state index contributed by atoms with van der Waals surface area (Å²) in [4.78, 5) is 13.4. The molecule has 0 saturated heterocycles. The van der Waals surface area contributed by atoms with Gasteiger partial charge in [0, 0.05) is 20.2 Å². The quantitative estimate of drug-likeness (QED) is 0.735. The lowest BCUT2D eigenvalue weighted by molar-refractivity contribution is -0.135. The van der Waals surface area contributed by atoms with Gasteiger partial charge in [0.05, 0.1) is 0 Å². The van der Waals surface area contributed by atoms with Crippen LogP contribution in [0.3, 0.4) is 0 Å². The zero-order valence-corrected chi connectivity index (χ0v) is 9.27. The van der Waals surface area contributed by atoms with Crippen LogP contribution in [-0.4, -0.2) is 31.1 Å². The van der Waals surface area contributed by atoms with Crippen molar-refractivity contribution >= 4 is 5.91 Å². The predicted octanol–water partition coefficient (Wildman–Crippen LogP) is 1.68. The molecular weight excluding hydrogens is 190 g/mol. The van der Waals surface area contributed by atoms with E-state index in [0.29, 0.717) is 13.1 Å². The van der Waals surface area contributed by atoms with E-state index in [9.17, 15) is 4.79 Å². The van der Waals surface area contributed by atoms with Crippen LogP contribution in [0, 0.1) is 0 Å². The van der Waals surface area contributed by atoms with Gasteiger partial charge in [0.2, 0.25) is 5.91 Å². The predicted molar refractivity (Wildman–Crippen MR) is 59.4 cm³/mol. The topological polar surface area (TPSA) is 29.5 Å². The smallest absolute Gasteiger partial charge is 0.248 e. The van der Waals surface area contributed by atoms with Crippen LogP contribution < -0.4 is 0 Å². The van der Waals surface area contributed by atoms with E-state index in [1.165, 1.54) is 7.11 Å². The summed E-state index contributed by atoms with van der Waals surface area (Å²) < 4.78 is 4.83. The normalized spacial score (nSPS) is 10.0. The Morgan fingerprint density at radius 2 is 2.00 bits per heavy atom. The standard InChI is InChI=1S/C12H17NO2/c1-3-13(12(14)10-15-2)9-11-7-5-4-6-8-11/h4-8H,3,9-10H2,1-2H3. The molecule has 1 aromatic rings. The summed E-state index contributed by atoms with van der Waals surface area (Å²) in [7, 11) is 1.54. The van der Waals surface area contributed by atoms with E-state index in [4.69, 9.17) is 4.74 Å². The molecule has 0 heterocycles. The van der Waals surface area contributed by atoms with E-state index in [-0.39, 0.29) is 12.5 Å². The van der Waals surface area contributed by atoms with Crippen molar-refractivity contribution in [2.24, 2.45) is 0 Å². The summed E-state index contributed by atoms with van der Waals surface area (Å²) in [6.45, 7) is 3.48. The van der Waals surface area contributed by atoms with Crippen LogP contribution in [0.1, 0.15) is 12.5 Å². The number of amides is 1. The third kappa shape index (κ3) is 3.72. The molecule has 3 nitrogen and oxygen atoms in total. The molecular formula is C12H17NO2. The van der Waals surface area contributed by atoms with Crippen LogP contribution in [0.5, 0.6) is 0 Å². The monoisotopic (exact) mass is 207 g/mol. The first-order chi connectivity index (χ1) is 7.27. The molecule has 0 bridgehead atoms. The van der Waals surface area contributed by atoms with E-state index in [1.807, 2.05) is 37.3 Å². The van der Waals surface area contributed by atoms with Gasteiger partial charge in [0.15, 0.2) is 0 Å². The zero-order valence-electron chi connectivity index (χ0n) is 9.27. The molecule has 0 aromatic heterocycles. The first kappa shape index (κ1) is 11.7. The molecule has 0 N–H and O–H groups in total. The maximum absolute atomic E-state index is 11.6. The van der Waals surface area contributed by atoms with Gasteiger partial charge in [-0.15, -0.1) is 0 Å². The summed E-state index contributed by atoms with van der Waals surface area (Å²) in [6, 6.07) is 9.95. The van der Waals surface area contributed by atoms with Gasteiger partial charge in [-0.3, -0.25) is 4.79 Å². The van der Waals surface area contributed by atoms with Crippen molar-refractivity contribution in [3.8, 4) is 0 Å². The van der Waals surface area contributed by atoms with Crippen LogP contribution in [0.15, 0.2) is 30.3 Å². The Morgan fingerprint density at radius 3 is 2.53 bits per heavy atom. The molecule has 0 fully saturated rings.